The van der Waals surface area contributed by atoms with Crippen LogP contribution in [0.25, 0.3) is 0 Å². The molecule has 0 aromatic heterocycles. The van der Waals surface area contributed by atoms with Crippen LogP contribution in [0, 0.1) is 0 Å². The number of hydrogen-bond acceptors (Lipinski definition) is 5. The van der Waals surface area contributed by atoms with Crippen LogP contribution in [0.5, 0.6) is 23.0 Å². The quantitative estimate of drug-likeness (QED) is 0.915. The lowest BCUT2D eigenvalue weighted by Crippen LogP contribution is -2.19. The molecule has 3 rings (SSSR count). The molecular formula is C16H17NO4. The van der Waals surface area contributed by atoms with Crippen LogP contribution >= 0.6 is 0 Å². The first-order valence-corrected chi connectivity index (χ1v) is 6.69. The van der Waals surface area contributed by atoms with Gasteiger partial charge >= 0.3 is 0 Å². The number of methoxy groups -OCH3 is 1. The molecule has 5 nitrogen and oxygen atoms in total. The molecule has 0 fully saturated rings. The van der Waals surface area contributed by atoms with Crippen molar-refractivity contribution in [1.82, 2.24) is 0 Å². The Morgan fingerprint density at radius 3 is 2.67 bits per heavy atom. The molecule has 0 saturated carbocycles. The summed E-state index contributed by atoms with van der Waals surface area (Å²) in [6.07, 6.45) is 0. The Kier molecular flexibility index (Phi) is 3.83. The van der Waals surface area contributed by atoms with E-state index in [0.717, 1.165) is 17.1 Å². The standard InChI is InChI=1S/C16H17NO4/c1-18-13-4-2-3-5-14(13)19-9-12(17)11-6-7-15-16(8-11)21-10-20-15/h2-8,12H,9-10,17H2,1H3. The van der Waals surface area contributed by atoms with Gasteiger partial charge in [-0.25, -0.2) is 0 Å². The summed E-state index contributed by atoms with van der Waals surface area (Å²) in [6.45, 7) is 0.603. The minimum Gasteiger partial charge on any atom is -0.493 e. The number of ether oxygens (including phenoxy) is 4. The summed E-state index contributed by atoms with van der Waals surface area (Å²) in [6, 6.07) is 12.9. The van der Waals surface area contributed by atoms with E-state index in [0.29, 0.717) is 18.1 Å². The fourth-order valence-corrected chi connectivity index (χ4v) is 2.16. The van der Waals surface area contributed by atoms with E-state index in [-0.39, 0.29) is 12.8 Å². The number of hydrogen-bond donors (Lipinski definition) is 1. The molecule has 5 heteroatoms. The van der Waals surface area contributed by atoms with Gasteiger partial charge in [-0.1, -0.05) is 18.2 Å². The Morgan fingerprint density at radius 1 is 1.10 bits per heavy atom. The predicted octanol–water partition coefficient (Wildman–Crippen LogP) is 2.50. The molecule has 1 atom stereocenters. The number of nitrogens with two attached hydrogens (primary N) is 1. The fraction of sp³-hybridized carbons (Fsp3) is 0.250. The van der Waals surface area contributed by atoms with Crippen molar-refractivity contribution in [3.63, 3.8) is 0 Å². The lowest BCUT2D eigenvalue weighted by molar-refractivity contribution is 0.174. The van der Waals surface area contributed by atoms with E-state index in [9.17, 15) is 0 Å². The monoisotopic (exact) mass is 287 g/mol. The predicted molar refractivity (Wildman–Crippen MR) is 78.0 cm³/mol. The van der Waals surface area contributed by atoms with Crippen LogP contribution < -0.4 is 24.7 Å². The first kappa shape index (κ1) is 13.6. The zero-order valence-electron chi connectivity index (χ0n) is 11.7. The van der Waals surface area contributed by atoms with Crippen LogP contribution in [-0.4, -0.2) is 20.5 Å². The van der Waals surface area contributed by atoms with Crippen LogP contribution in [0.15, 0.2) is 42.5 Å². The van der Waals surface area contributed by atoms with Crippen molar-refractivity contribution in [1.29, 1.82) is 0 Å². The summed E-state index contributed by atoms with van der Waals surface area (Å²) in [4.78, 5) is 0. The number of fused-ring (bicyclic) bond motifs is 1. The van der Waals surface area contributed by atoms with E-state index in [1.165, 1.54) is 0 Å². The molecule has 0 spiro atoms. The minimum absolute atomic E-state index is 0.256. The molecule has 0 amide bonds. The van der Waals surface area contributed by atoms with E-state index >= 15 is 0 Å². The Morgan fingerprint density at radius 2 is 1.86 bits per heavy atom. The Balaban J connectivity index is 1.67. The first-order chi connectivity index (χ1) is 10.3. The van der Waals surface area contributed by atoms with E-state index in [2.05, 4.69) is 0 Å². The molecule has 2 aromatic carbocycles. The second-order valence-corrected chi connectivity index (χ2v) is 4.68. The zero-order valence-corrected chi connectivity index (χ0v) is 11.7. The van der Waals surface area contributed by atoms with Crippen molar-refractivity contribution in [2.24, 2.45) is 5.73 Å². The number of benzene rings is 2. The maximum Gasteiger partial charge on any atom is 0.231 e. The third-order valence-electron chi connectivity index (χ3n) is 3.31. The van der Waals surface area contributed by atoms with Crippen molar-refractivity contribution in [3.05, 3.63) is 48.0 Å². The highest BCUT2D eigenvalue weighted by molar-refractivity contribution is 5.45. The van der Waals surface area contributed by atoms with Crippen LogP contribution in [0.1, 0.15) is 11.6 Å². The molecular weight excluding hydrogens is 270 g/mol. The van der Waals surface area contributed by atoms with E-state index in [4.69, 9.17) is 24.7 Å². The van der Waals surface area contributed by atoms with Gasteiger partial charge in [0, 0.05) is 0 Å². The largest absolute Gasteiger partial charge is 0.493 e. The van der Waals surface area contributed by atoms with Gasteiger partial charge in [-0.3, -0.25) is 0 Å². The van der Waals surface area contributed by atoms with Gasteiger partial charge in [-0.05, 0) is 29.8 Å². The van der Waals surface area contributed by atoms with Gasteiger partial charge in [0.1, 0.15) is 6.61 Å². The molecule has 1 aliphatic rings. The van der Waals surface area contributed by atoms with Crippen molar-refractivity contribution >= 4 is 0 Å². The molecule has 2 aromatic rings. The Hall–Kier alpha value is -2.40. The Labute approximate surface area is 123 Å². The molecule has 1 unspecified atom stereocenters. The third-order valence-corrected chi connectivity index (χ3v) is 3.31. The summed E-state index contributed by atoms with van der Waals surface area (Å²) in [5, 5.41) is 0. The molecule has 21 heavy (non-hydrogen) atoms. The number of para-hydroxylation sites is 2. The van der Waals surface area contributed by atoms with E-state index in [1.807, 2.05) is 42.5 Å². The molecule has 0 bridgehead atoms. The maximum atomic E-state index is 6.17. The van der Waals surface area contributed by atoms with Gasteiger partial charge < -0.3 is 24.7 Å². The average Bonchev–Trinajstić information content (AvgIpc) is 3.00. The highest BCUT2D eigenvalue weighted by atomic mass is 16.7. The van der Waals surface area contributed by atoms with E-state index < -0.39 is 0 Å². The van der Waals surface area contributed by atoms with Crippen LogP contribution in [-0.2, 0) is 0 Å². The molecule has 0 aliphatic carbocycles. The normalized spacial score (nSPS) is 13.8. The molecule has 0 saturated heterocycles. The maximum absolute atomic E-state index is 6.17. The van der Waals surface area contributed by atoms with Crippen LogP contribution in [0.3, 0.4) is 0 Å². The molecule has 1 heterocycles. The van der Waals surface area contributed by atoms with E-state index in [1.54, 1.807) is 7.11 Å². The molecule has 2 N–H and O–H groups in total. The summed E-state index contributed by atoms with van der Waals surface area (Å²) in [5.74, 6) is 2.84. The molecule has 110 valence electrons. The highest BCUT2D eigenvalue weighted by Gasteiger charge is 2.16. The summed E-state index contributed by atoms with van der Waals surface area (Å²) >= 11 is 0. The van der Waals surface area contributed by atoms with Crippen molar-refractivity contribution < 1.29 is 18.9 Å². The van der Waals surface area contributed by atoms with Gasteiger partial charge in [0.2, 0.25) is 6.79 Å². The summed E-state index contributed by atoms with van der Waals surface area (Å²) < 4.78 is 21.6. The first-order valence-electron chi connectivity index (χ1n) is 6.69. The average molecular weight is 287 g/mol. The summed E-state index contributed by atoms with van der Waals surface area (Å²) in [5.41, 5.74) is 7.11. The zero-order chi connectivity index (χ0) is 14.7. The molecule has 0 radical (unpaired) electrons. The van der Waals surface area contributed by atoms with Crippen LogP contribution in [0.4, 0.5) is 0 Å². The lowest BCUT2D eigenvalue weighted by Gasteiger charge is -2.15. The fourth-order valence-electron chi connectivity index (χ4n) is 2.16. The van der Waals surface area contributed by atoms with Crippen molar-refractivity contribution in [2.75, 3.05) is 20.5 Å². The van der Waals surface area contributed by atoms with Crippen LogP contribution in [0.2, 0.25) is 0 Å². The third kappa shape index (κ3) is 2.87. The smallest absolute Gasteiger partial charge is 0.231 e. The minimum atomic E-state index is -0.260. The number of rotatable bonds is 5. The Bertz CT molecular complexity index is 629. The van der Waals surface area contributed by atoms with Crippen molar-refractivity contribution in [3.8, 4) is 23.0 Å². The van der Waals surface area contributed by atoms with Gasteiger partial charge in [-0.2, -0.15) is 0 Å². The van der Waals surface area contributed by atoms with Gasteiger partial charge in [0.05, 0.1) is 13.2 Å². The lowest BCUT2D eigenvalue weighted by atomic mass is 10.1. The van der Waals surface area contributed by atoms with Gasteiger partial charge in [0.15, 0.2) is 23.0 Å². The SMILES string of the molecule is COc1ccccc1OCC(N)c1ccc2c(c1)OCO2. The van der Waals surface area contributed by atoms with Gasteiger partial charge in [0.25, 0.3) is 0 Å². The molecule has 1 aliphatic heterocycles. The summed E-state index contributed by atoms with van der Waals surface area (Å²) in [7, 11) is 1.61. The topological polar surface area (TPSA) is 62.9 Å². The van der Waals surface area contributed by atoms with Gasteiger partial charge in [-0.15, -0.1) is 0 Å². The highest BCUT2D eigenvalue weighted by Crippen LogP contribution is 2.34. The van der Waals surface area contributed by atoms with Crippen molar-refractivity contribution in [2.45, 2.75) is 6.04 Å². The second-order valence-electron chi connectivity index (χ2n) is 4.68. The second kappa shape index (κ2) is 5.93.